The number of aromatic nitrogens is 2. The van der Waals surface area contributed by atoms with Crippen LogP contribution in [-0.4, -0.2) is 15.9 Å². The van der Waals surface area contributed by atoms with E-state index in [0.717, 1.165) is 22.0 Å². The van der Waals surface area contributed by atoms with Crippen LogP contribution in [0.3, 0.4) is 0 Å². The smallest absolute Gasteiger partial charge is 0.273 e. The molecule has 0 bridgehead atoms. The van der Waals surface area contributed by atoms with Crippen LogP contribution in [0.4, 0.5) is 5.82 Å². The van der Waals surface area contributed by atoms with Crippen LogP contribution in [0, 0.1) is 13.8 Å². The van der Waals surface area contributed by atoms with Gasteiger partial charge < -0.3 is 10.3 Å². The van der Waals surface area contributed by atoms with E-state index in [4.69, 9.17) is 0 Å². The Hall–Kier alpha value is -2.62. The molecular weight excluding hydrogens is 250 g/mol. The van der Waals surface area contributed by atoms with Crippen molar-refractivity contribution < 1.29 is 4.79 Å². The number of pyridine rings is 1. The zero-order valence-corrected chi connectivity index (χ0v) is 11.4. The van der Waals surface area contributed by atoms with Gasteiger partial charge in [0, 0.05) is 17.1 Å². The third-order valence-electron chi connectivity index (χ3n) is 3.18. The van der Waals surface area contributed by atoms with Gasteiger partial charge in [-0.2, -0.15) is 0 Å². The fraction of sp³-hybridized carbons (Fsp3) is 0.125. The molecular formula is C16H15N3O. The summed E-state index contributed by atoms with van der Waals surface area (Å²) in [5.41, 5.74) is 3.72. The maximum absolute atomic E-state index is 12.2. The van der Waals surface area contributed by atoms with Gasteiger partial charge in [0.2, 0.25) is 0 Å². The van der Waals surface area contributed by atoms with E-state index < -0.39 is 0 Å². The fourth-order valence-corrected chi connectivity index (χ4v) is 2.15. The molecule has 2 N–H and O–H groups in total. The number of hydrogen-bond donors (Lipinski definition) is 2. The molecule has 0 aliphatic rings. The van der Waals surface area contributed by atoms with Crippen LogP contribution < -0.4 is 5.32 Å². The standard InChI is InChI=1S/C16H15N3O/c1-10-3-4-12-9-14(18-13(12)7-10)16(20)19-15-8-11(2)5-6-17-15/h3-9,18H,1-2H3,(H,17,19,20). The maximum atomic E-state index is 12.2. The molecule has 0 saturated carbocycles. The third kappa shape index (κ3) is 2.40. The van der Waals surface area contributed by atoms with Gasteiger partial charge in [0.1, 0.15) is 11.5 Å². The molecule has 1 amide bonds. The highest BCUT2D eigenvalue weighted by atomic mass is 16.1. The zero-order valence-electron chi connectivity index (χ0n) is 11.4. The van der Waals surface area contributed by atoms with E-state index in [9.17, 15) is 4.79 Å². The van der Waals surface area contributed by atoms with Gasteiger partial charge in [0.05, 0.1) is 0 Å². The van der Waals surface area contributed by atoms with E-state index in [1.54, 1.807) is 6.20 Å². The molecule has 0 unspecified atom stereocenters. The lowest BCUT2D eigenvalue weighted by Gasteiger charge is -2.03. The number of anilines is 1. The minimum atomic E-state index is -0.183. The summed E-state index contributed by atoms with van der Waals surface area (Å²) in [6, 6.07) is 11.6. The summed E-state index contributed by atoms with van der Waals surface area (Å²) in [6.07, 6.45) is 1.68. The second-order valence-corrected chi connectivity index (χ2v) is 4.95. The lowest BCUT2D eigenvalue weighted by molar-refractivity contribution is 0.102. The Morgan fingerprint density at radius 1 is 1.10 bits per heavy atom. The number of amides is 1. The van der Waals surface area contributed by atoms with Crippen LogP contribution >= 0.6 is 0 Å². The molecule has 0 aliphatic heterocycles. The molecule has 3 rings (SSSR count). The van der Waals surface area contributed by atoms with Crippen molar-refractivity contribution in [1.82, 2.24) is 9.97 Å². The Balaban J connectivity index is 1.88. The Morgan fingerprint density at radius 2 is 1.90 bits per heavy atom. The monoisotopic (exact) mass is 265 g/mol. The molecule has 2 heterocycles. The minimum absolute atomic E-state index is 0.183. The summed E-state index contributed by atoms with van der Waals surface area (Å²) in [5, 5.41) is 3.82. The number of rotatable bonds is 2. The summed E-state index contributed by atoms with van der Waals surface area (Å²) in [5.74, 6) is 0.377. The molecule has 1 aromatic carbocycles. The van der Waals surface area contributed by atoms with Crippen molar-refractivity contribution in [2.75, 3.05) is 5.32 Å². The first kappa shape index (κ1) is 12.4. The summed E-state index contributed by atoms with van der Waals surface area (Å²) >= 11 is 0. The number of carbonyl (C=O) groups is 1. The van der Waals surface area contributed by atoms with Crippen molar-refractivity contribution in [3.63, 3.8) is 0 Å². The number of hydrogen-bond acceptors (Lipinski definition) is 2. The van der Waals surface area contributed by atoms with Gasteiger partial charge in [-0.05, 0) is 49.2 Å². The predicted molar refractivity (Wildman–Crippen MR) is 80.0 cm³/mol. The molecule has 0 radical (unpaired) electrons. The van der Waals surface area contributed by atoms with E-state index in [1.165, 1.54) is 0 Å². The number of nitrogens with zero attached hydrogens (tertiary/aromatic N) is 1. The van der Waals surface area contributed by atoms with Crippen molar-refractivity contribution in [3.8, 4) is 0 Å². The second-order valence-electron chi connectivity index (χ2n) is 4.95. The summed E-state index contributed by atoms with van der Waals surface area (Å²) in [7, 11) is 0. The lowest BCUT2D eigenvalue weighted by Crippen LogP contribution is -2.13. The number of H-pyrrole nitrogens is 1. The molecule has 4 nitrogen and oxygen atoms in total. The predicted octanol–water partition coefficient (Wildman–Crippen LogP) is 3.43. The number of carbonyl (C=O) groups excluding carboxylic acids is 1. The molecule has 3 aromatic rings. The molecule has 20 heavy (non-hydrogen) atoms. The van der Waals surface area contributed by atoms with Gasteiger partial charge in [0.15, 0.2) is 0 Å². The zero-order chi connectivity index (χ0) is 14.1. The van der Waals surface area contributed by atoms with Crippen molar-refractivity contribution in [1.29, 1.82) is 0 Å². The highest BCUT2D eigenvalue weighted by Gasteiger charge is 2.10. The van der Waals surface area contributed by atoms with E-state index >= 15 is 0 Å². The number of nitrogens with one attached hydrogen (secondary N) is 2. The Bertz CT molecular complexity index is 789. The van der Waals surface area contributed by atoms with Crippen molar-refractivity contribution in [2.24, 2.45) is 0 Å². The van der Waals surface area contributed by atoms with Gasteiger partial charge in [0.25, 0.3) is 5.91 Å². The van der Waals surface area contributed by atoms with E-state index in [0.29, 0.717) is 11.5 Å². The van der Waals surface area contributed by atoms with Crippen LogP contribution in [0.1, 0.15) is 21.6 Å². The van der Waals surface area contributed by atoms with Crippen LogP contribution in [0.15, 0.2) is 42.6 Å². The first-order chi connectivity index (χ1) is 9.61. The summed E-state index contributed by atoms with van der Waals surface area (Å²) in [4.78, 5) is 19.5. The van der Waals surface area contributed by atoms with Crippen molar-refractivity contribution in [2.45, 2.75) is 13.8 Å². The van der Waals surface area contributed by atoms with E-state index in [1.807, 2.05) is 50.2 Å². The highest BCUT2D eigenvalue weighted by Crippen LogP contribution is 2.17. The quantitative estimate of drug-likeness (QED) is 0.745. The largest absolute Gasteiger partial charge is 0.351 e. The first-order valence-corrected chi connectivity index (χ1v) is 6.45. The third-order valence-corrected chi connectivity index (χ3v) is 3.18. The number of aromatic amines is 1. The Kier molecular flexibility index (Phi) is 2.99. The Labute approximate surface area is 116 Å². The molecule has 0 spiro atoms. The lowest BCUT2D eigenvalue weighted by atomic mass is 10.2. The first-order valence-electron chi connectivity index (χ1n) is 6.45. The van der Waals surface area contributed by atoms with Gasteiger partial charge in [-0.3, -0.25) is 4.79 Å². The topological polar surface area (TPSA) is 57.8 Å². The number of aryl methyl sites for hydroxylation is 2. The maximum Gasteiger partial charge on any atom is 0.273 e. The SMILES string of the molecule is Cc1ccnc(NC(=O)c2cc3ccc(C)cc3[nH]2)c1. The van der Waals surface area contributed by atoms with Crippen LogP contribution in [-0.2, 0) is 0 Å². The molecule has 0 saturated heterocycles. The molecule has 4 heteroatoms. The average molecular weight is 265 g/mol. The van der Waals surface area contributed by atoms with Gasteiger partial charge >= 0.3 is 0 Å². The Morgan fingerprint density at radius 3 is 2.70 bits per heavy atom. The summed E-state index contributed by atoms with van der Waals surface area (Å²) < 4.78 is 0. The van der Waals surface area contributed by atoms with Gasteiger partial charge in [-0.25, -0.2) is 4.98 Å². The molecule has 100 valence electrons. The van der Waals surface area contributed by atoms with Gasteiger partial charge in [-0.1, -0.05) is 12.1 Å². The van der Waals surface area contributed by atoms with Crippen LogP contribution in [0.2, 0.25) is 0 Å². The highest BCUT2D eigenvalue weighted by molar-refractivity contribution is 6.05. The van der Waals surface area contributed by atoms with Gasteiger partial charge in [-0.15, -0.1) is 0 Å². The molecule has 0 atom stereocenters. The minimum Gasteiger partial charge on any atom is -0.351 e. The van der Waals surface area contributed by atoms with Crippen molar-refractivity contribution in [3.05, 3.63) is 59.4 Å². The van der Waals surface area contributed by atoms with E-state index in [-0.39, 0.29) is 5.91 Å². The molecule has 0 aliphatic carbocycles. The summed E-state index contributed by atoms with van der Waals surface area (Å²) in [6.45, 7) is 3.99. The molecule has 0 fully saturated rings. The normalized spacial score (nSPS) is 10.7. The van der Waals surface area contributed by atoms with E-state index in [2.05, 4.69) is 15.3 Å². The number of fused-ring (bicyclic) bond motifs is 1. The molecule has 2 aromatic heterocycles. The van der Waals surface area contributed by atoms with Crippen LogP contribution in [0.25, 0.3) is 10.9 Å². The fourth-order valence-electron chi connectivity index (χ4n) is 2.15. The average Bonchev–Trinajstić information content (AvgIpc) is 2.81. The van der Waals surface area contributed by atoms with Crippen molar-refractivity contribution >= 4 is 22.6 Å². The van der Waals surface area contributed by atoms with Crippen LogP contribution in [0.5, 0.6) is 0 Å². The number of benzene rings is 1. The second kappa shape index (κ2) is 4.81.